The monoisotopic (exact) mass is 523 g/mol. The van der Waals surface area contributed by atoms with Crippen molar-refractivity contribution in [1.29, 1.82) is 0 Å². The highest BCUT2D eigenvalue weighted by atomic mass is 16.5. The van der Waals surface area contributed by atoms with E-state index in [2.05, 4.69) is 27.7 Å². The first-order chi connectivity index (χ1) is 18.1. The van der Waals surface area contributed by atoms with Crippen molar-refractivity contribution in [2.45, 2.75) is 207 Å². The number of hydrogen-bond acceptors (Lipinski definition) is 2. The first kappa shape index (κ1) is 36.5. The van der Waals surface area contributed by atoms with Crippen LogP contribution in [0.2, 0.25) is 0 Å². The van der Waals surface area contributed by atoms with E-state index in [0.717, 1.165) is 19.3 Å². The maximum atomic E-state index is 13.1. The molecule has 2 nitrogen and oxygen atoms in total. The van der Waals surface area contributed by atoms with E-state index in [9.17, 15) is 4.79 Å². The summed E-state index contributed by atoms with van der Waals surface area (Å²) in [5.41, 5.74) is -0.272. The lowest BCUT2D eigenvalue weighted by Crippen LogP contribution is -2.30. The predicted molar refractivity (Wildman–Crippen MR) is 165 cm³/mol. The van der Waals surface area contributed by atoms with E-state index >= 15 is 0 Å². The molecule has 0 saturated heterocycles. The zero-order chi connectivity index (χ0) is 27.3. The van der Waals surface area contributed by atoms with Crippen molar-refractivity contribution < 1.29 is 9.53 Å². The first-order valence-corrected chi connectivity index (χ1v) is 17.3. The molecule has 2 heteroatoms. The van der Waals surface area contributed by atoms with Crippen molar-refractivity contribution >= 4 is 5.97 Å². The van der Waals surface area contributed by atoms with Gasteiger partial charge in [0, 0.05) is 0 Å². The zero-order valence-electron chi connectivity index (χ0n) is 26.3. The van der Waals surface area contributed by atoms with Crippen LogP contribution in [-0.2, 0) is 9.53 Å². The maximum Gasteiger partial charge on any atom is 0.311 e. The fraction of sp³-hybridized carbons (Fsp3) is 0.971. The summed E-state index contributed by atoms with van der Waals surface area (Å²) in [5, 5.41) is 0. The Kier molecular flexibility index (Phi) is 28.1. The molecule has 0 spiro atoms. The van der Waals surface area contributed by atoms with E-state index in [-0.39, 0.29) is 11.4 Å². The summed E-state index contributed by atoms with van der Waals surface area (Å²) < 4.78 is 5.86. The lowest BCUT2D eigenvalue weighted by atomic mass is 9.79. The molecule has 0 aliphatic rings. The minimum atomic E-state index is -0.272. The molecule has 222 valence electrons. The molecule has 0 aromatic carbocycles. The number of hydrogen-bond donors (Lipinski definition) is 0. The van der Waals surface area contributed by atoms with Gasteiger partial charge in [-0.2, -0.15) is 0 Å². The van der Waals surface area contributed by atoms with Gasteiger partial charge >= 0.3 is 5.97 Å². The Morgan fingerprint density at radius 1 is 0.432 bits per heavy atom. The fourth-order valence-electron chi connectivity index (χ4n) is 5.56. The SMILES string of the molecule is CCCCCCCCCCCCCCCCOC(=O)C(C)(CCCCCCC)CCCCCCCCC. The van der Waals surface area contributed by atoms with E-state index in [4.69, 9.17) is 4.74 Å². The Bertz CT molecular complexity index is 460. The summed E-state index contributed by atoms with van der Waals surface area (Å²) in [6.45, 7) is 9.64. The molecule has 0 aromatic rings. The summed E-state index contributed by atoms with van der Waals surface area (Å²) in [6.07, 6.45) is 36.5. The van der Waals surface area contributed by atoms with Gasteiger partial charge in [-0.25, -0.2) is 0 Å². The van der Waals surface area contributed by atoms with Gasteiger partial charge in [0.15, 0.2) is 0 Å². The van der Waals surface area contributed by atoms with Crippen molar-refractivity contribution in [1.82, 2.24) is 0 Å². The van der Waals surface area contributed by atoms with Gasteiger partial charge < -0.3 is 4.74 Å². The minimum Gasteiger partial charge on any atom is -0.465 e. The average Bonchev–Trinajstić information content (AvgIpc) is 2.90. The first-order valence-electron chi connectivity index (χ1n) is 17.3. The highest BCUT2D eigenvalue weighted by Gasteiger charge is 2.33. The third-order valence-electron chi connectivity index (χ3n) is 8.39. The van der Waals surface area contributed by atoms with Crippen LogP contribution in [0.25, 0.3) is 0 Å². The van der Waals surface area contributed by atoms with Crippen LogP contribution in [0.1, 0.15) is 207 Å². The molecule has 0 heterocycles. The van der Waals surface area contributed by atoms with Gasteiger partial charge in [0.1, 0.15) is 0 Å². The quantitative estimate of drug-likeness (QED) is 0.0692. The van der Waals surface area contributed by atoms with Gasteiger partial charge in [-0.05, 0) is 26.2 Å². The van der Waals surface area contributed by atoms with Crippen LogP contribution in [-0.4, -0.2) is 12.6 Å². The summed E-state index contributed by atoms with van der Waals surface area (Å²) in [4.78, 5) is 13.1. The Labute approximate surface area is 234 Å². The molecular formula is C35H70O2. The lowest BCUT2D eigenvalue weighted by Gasteiger charge is -2.27. The van der Waals surface area contributed by atoms with Gasteiger partial charge in [-0.3, -0.25) is 4.79 Å². The molecule has 0 N–H and O–H groups in total. The summed E-state index contributed by atoms with van der Waals surface area (Å²) in [7, 11) is 0. The molecular weight excluding hydrogens is 452 g/mol. The van der Waals surface area contributed by atoms with Gasteiger partial charge in [0.2, 0.25) is 0 Å². The number of ether oxygens (including phenoxy) is 1. The van der Waals surface area contributed by atoms with Crippen LogP contribution in [0.4, 0.5) is 0 Å². The smallest absolute Gasteiger partial charge is 0.311 e. The van der Waals surface area contributed by atoms with Crippen LogP contribution in [0, 0.1) is 5.41 Å². The second kappa shape index (κ2) is 28.5. The number of esters is 1. The van der Waals surface area contributed by atoms with E-state index in [1.807, 2.05) is 0 Å². The molecule has 0 fully saturated rings. The predicted octanol–water partition coefficient (Wildman–Crippen LogP) is 12.5. The number of unbranched alkanes of at least 4 members (excludes halogenated alkanes) is 23. The van der Waals surface area contributed by atoms with Crippen LogP contribution in [0.15, 0.2) is 0 Å². The third-order valence-corrected chi connectivity index (χ3v) is 8.39. The van der Waals surface area contributed by atoms with Crippen molar-refractivity contribution in [3.05, 3.63) is 0 Å². The highest BCUT2D eigenvalue weighted by Crippen LogP contribution is 2.33. The third kappa shape index (κ3) is 24.3. The second-order valence-electron chi connectivity index (χ2n) is 12.3. The molecule has 0 bridgehead atoms. The molecule has 0 radical (unpaired) electrons. The van der Waals surface area contributed by atoms with Crippen LogP contribution in [0.5, 0.6) is 0 Å². The molecule has 0 amide bonds. The Morgan fingerprint density at radius 2 is 0.703 bits per heavy atom. The molecule has 0 rings (SSSR count). The summed E-state index contributed by atoms with van der Waals surface area (Å²) in [6, 6.07) is 0. The standard InChI is InChI=1S/C35H70O2/c1-5-8-11-14-16-17-18-19-20-21-22-24-27-30-33-37-34(36)35(4,31-28-25-13-10-7-3)32-29-26-23-15-12-9-6-2/h5-33H2,1-4H3. The fourth-order valence-corrected chi connectivity index (χ4v) is 5.56. The molecule has 1 unspecified atom stereocenters. The zero-order valence-corrected chi connectivity index (χ0v) is 26.3. The molecule has 0 saturated carbocycles. The second-order valence-corrected chi connectivity index (χ2v) is 12.3. The van der Waals surface area contributed by atoms with Crippen LogP contribution in [0.3, 0.4) is 0 Å². The highest BCUT2D eigenvalue weighted by molar-refractivity contribution is 5.76. The topological polar surface area (TPSA) is 26.3 Å². The van der Waals surface area contributed by atoms with Crippen molar-refractivity contribution in [3.8, 4) is 0 Å². The van der Waals surface area contributed by atoms with E-state index < -0.39 is 0 Å². The average molecular weight is 523 g/mol. The van der Waals surface area contributed by atoms with Crippen molar-refractivity contribution in [2.24, 2.45) is 5.41 Å². The Hall–Kier alpha value is -0.530. The summed E-state index contributed by atoms with van der Waals surface area (Å²) >= 11 is 0. The maximum absolute atomic E-state index is 13.1. The Morgan fingerprint density at radius 3 is 1.03 bits per heavy atom. The van der Waals surface area contributed by atoms with Gasteiger partial charge in [0.05, 0.1) is 12.0 Å². The van der Waals surface area contributed by atoms with E-state index in [1.165, 1.54) is 161 Å². The van der Waals surface area contributed by atoms with Gasteiger partial charge in [0.25, 0.3) is 0 Å². The molecule has 0 aromatic heterocycles. The van der Waals surface area contributed by atoms with Crippen LogP contribution < -0.4 is 0 Å². The van der Waals surface area contributed by atoms with E-state index in [0.29, 0.717) is 6.61 Å². The van der Waals surface area contributed by atoms with E-state index in [1.54, 1.807) is 0 Å². The Balaban J connectivity index is 3.96. The van der Waals surface area contributed by atoms with Crippen molar-refractivity contribution in [3.63, 3.8) is 0 Å². The number of carbonyl (C=O) groups is 1. The van der Waals surface area contributed by atoms with Gasteiger partial charge in [-0.1, -0.05) is 181 Å². The largest absolute Gasteiger partial charge is 0.465 e. The number of carbonyl (C=O) groups excluding carboxylic acids is 1. The molecule has 37 heavy (non-hydrogen) atoms. The lowest BCUT2D eigenvalue weighted by molar-refractivity contribution is -0.156. The normalized spacial score (nSPS) is 13.1. The van der Waals surface area contributed by atoms with Gasteiger partial charge in [-0.15, -0.1) is 0 Å². The summed E-state index contributed by atoms with van der Waals surface area (Å²) in [5.74, 6) is 0.0867. The number of rotatable bonds is 30. The minimum absolute atomic E-state index is 0.0867. The molecule has 0 aliphatic heterocycles. The van der Waals surface area contributed by atoms with Crippen LogP contribution >= 0.6 is 0 Å². The molecule has 0 aliphatic carbocycles. The molecule has 1 atom stereocenters. The van der Waals surface area contributed by atoms with Crippen molar-refractivity contribution in [2.75, 3.05) is 6.61 Å².